The van der Waals surface area contributed by atoms with Gasteiger partial charge in [-0.2, -0.15) is 0 Å². The fourth-order valence-electron chi connectivity index (χ4n) is 5.64. The highest BCUT2D eigenvalue weighted by atomic mass is 32.2. The van der Waals surface area contributed by atoms with Gasteiger partial charge in [-0.1, -0.05) is 55.5 Å². The van der Waals surface area contributed by atoms with Gasteiger partial charge in [0.05, 0.1) is 61.5 Å². The van der Waals surface area contributed by atoms with Crippen molar-refractivity contribution in [2.24, 2.45) is 0 Å². The summed E-state index contributed by atoms with van der Waals surface area (Å²) in [6.45, 7) is 3.88. The van der Waals surface area contributed by atoms with E-state index in [1.807, 2.05) is 97.1 Å². The first-order chi connectivity index (χ1) is 24.5. The van der Waals surface area contributed by atoms with Crippen LogP contribution in [0.5, 0.6) is 23.0 Å². The van der Waals surface area contributed by atoms with Crippen molar-refractivity contribution in [2.45, 2.75) is 63.2 Å². The Morgan fingerprint density at radius 2 is 0.840 bits per heavy atom. The normalized spacial score (nSPS) is 20.3. The minimum atomic E-state index is -0.513. The molecule has 3 unspecified atom stereocenters. The lowest BCUT2D eigenvalue weighted by Gasteiger charge is -2.46. The van der Waals surface area contributed by atoms with Crippen molar-refractivity contribution < 1.29 is 42.6 Å². The fraction of sp³-hybridized carbons (Fsp3) is 0.400. The van der Waals surface area contributed by atoms with Crippen LogP contribution in [0.25, 0.3) is 0 Å². The third-order valence-corrected chi connectivity index (χ3v) is 9.48. The molecule has 1 aliphatic rings. The molecule has 9 nitrogen and oxygen atoms in total. The van der Waals surface area contributed by atoms with Crippen molar-refractivity contribution >= 4 is 11.8 Å². The SMILES string of the molecule is CCS[C@@H]1OC(COCc2ccc(OC)cc2)[C@H](OCc2ccc(OC)cc2)C(OCc2ccc(OC)cc2)C1OCc1ccc(OC)cc1. The standard InChI is InChI=1S/C40H48O9S/c1-6-50-40-39(48-26-31-13-21-35(44-5)22-14-31)38(47-25-30-11-19-34(43-4)20-12-30)37(46-24-29-9-17-33(42-3)18-10-29)36(49-40)27-45-23-28-7-15-32(41-2)16-8-28/h7-22,36-40H,6,23-27H2,1-5H3/t36?,37-,38?,39?,40-/m0/s1. The van der Waals surface area contributed by atoms with Crippen LogP contribution >= 0.6 is 11.8 Å². The minimum Gasteiger partial charge on any atom is -0.497 e. The zero-order chi connectivity index (χ0) is 35.1. The Balaban J connectivity index is 1.41. The van der Waals surface area contributed by atoms with E-state index in [1.165, 1.54) is 0 Å². The lowest BCUT2D eigenvalue weighted by molar-refractivity contribution is -0.254. The monoisotopic (exact) mass is 704 g/mol. The summed E-state index contributed by atoms with van der Waals surface area (Å²) in [7, 11) is 6.63. The Kier molecular flexibility index (Phi) is 14.7. The van der Waals surface area contributed by atoms with Gasteiger partial charge in [0.2, 0.25) is 0 Å². The lowest BCUT2D eigenvalue weighted by atomic mass is 9.98. The number of rotatable bonds is 19. The molecule has 0 bridgehead atoms. The van der Waals surface area contributed by atoms with Crippen LogP contribution in [0.1, 0.15) is 29.2 Å². The average molecular weight is 705 g/mol. The Morgan fingerprint density at radius 3 is 1.22 bits per heavy atom. The molecule has 5 rings (SSSR count). The van der Waals surface area contributed by atoms with Crippen LogP contribution in [-0.4, -0.2) is 70.7 Å². The van der Waals surface area contributed by atoms with E-state index in [1.54, 1.807) is 40.2 Å². The van der Waals surface area contributed by atoms with Crippen molar-refractivity contribution in [3.8, 4) is 23.0 Å². The molecule has 268 valence electrons. The van der Waals surface area contributed by atoms with Crippen molar-refractivity contribution in [1.29, 1.82) is 0 Å². The first-order valence-corrected chi connectivity index (χ1v) is 17.8. The van der Waals surface area contributed by atoms with Gasteiger partial charge in [0.1, 0.15) is 52.8 Å². The summed E-state index contributed by atoms with van der Waals surface area (Å²) in [6.07, 6.45) is -1.88. The number of benzene rings is 4. The molecular formula is C40H48O9S. The highest BCUT2D eigenvalue weighted by Crippen LogP contribution is 2.36. The molecule has 4 aromatic carbocycles. The largest absolute Gasteiger partial charge is 0.497 e. The van der Waals surface area contributed by atoms with Gasteiger partial charge < -0.3 is 42.6 Å². The van der Waals surface area contributed by atoms with Gasteiger partial charge >= 0.3 is 0 Å². The summed E-state index contributed by atoms with van der Waals surface area (Å²) >= 11 is 1.69. The van der Waals surface area contributed by atoms with E-state index in [2.05, 4.69) is 6.92 Å². The molecule has 1 saturated heterocycles. The van der Waals surface area contributed by atoms with Crippen molar-refractivity contribution in [1.82, 2.24) is 0 Å². The molecule has 0 radical (unpaired) electrons. The van der Waals surface area contributed by atoms with Gasteiger partial charge in [-0.15, -0.1) is 11.8 Å². The minimum absolute atomic E-state index is 0.299. The van der Waals surface area contributed by atoms with Crippen LogP contribution < -0.4 is 18.9 Å². The van der Waals surface area contributed by atoms with Crippen molar-refractivity contribution in [2.75, 3.05) is 40.8 Å². The van der Waals surface area contributed by atoms with Gasteiger partial charge in [-0.25, -0.2) is 0 Å². The Hall–Kier alpha value is -3.77. The molecule has 0 spiro atoms. The Bertz CT molecular complexity index is 1530. The van der Waals surface area contributed by atoms with Gasteiger partial charge in [-0.3, -0.25) is 0 Å². The van der Waals surface area contributed by atoms with Crippen LogP contribution in [0.4, 0.5) is 0 Å². The fourth-order valence-corrected chi connectivity index (χ4v) is 6.61. The molecule has 1 fully saturated rings. The second kappa shape index (κ2) is 19.6. The van der Waals surface area contributed by atoms with E-state index in [0.29, 0.717) is 33.0 Å². The summed E-state index contributed by atoms with van der Waals surface area (Å²) in [5.74, 6) is 3.99. The quantitative estimate of drug-likeness (QED) is 0.0981. The predicted octanol–water partition coefficient (Wildman–Crippen LogP) is 7.47. The summed E-state index contributed by atoms with van der Waals surface area (Å²) in [5.41, 5.74) is 3.73. The Morgan fingerprint density at radius 1 is 0.480 bits per heavy atom. The van der Waals surface area contributed by atoms with E-state index in [0.717, 1.165) is 51.0 Å². The molecular weight excluding hydrogens is 656 g/mol. The van der Waals surface area contributed by atoms with E-state index in [9.17, 15) is 0 Å². The maximum atomic E-state index is 6.82. The molecule has 0 N–H and O–H groups in total. The van der Waals surface area contributed by atoms with E-state index >= 15 is 0 Å². The molecule has 0 saturated carbocycles. The molecule has 1 heterocycles. The van der Waals surface area contributed by atoms with Gasteiger partial charge in [-0.05, 0) is 76.5 Å². The van der Waals surface area contributed by atoms with E-state index in [-0.39, 0.29) is 5.44 Å². The van der Waals surface area contributed by atoms with Crippen LogP contribution in [0.3, 0.4) is 0 Å². The number of methoxy groups -OCH3 is 4. The van der Waals surface area contributed by atoms with E-state index < -0.39 is 24.4 Å². The molecule has 0 aliphatic carbocycles. The van der Waals surface area contributed by atoms with E-state index in [4.69, 9.17) is 42.6 Å². The highest BCUT2D eigenvalue weighted by Gasteiger charge is 2.48. The average Bonchev–Trinajstić information content (AvgIpc) is 3.17. The van der Waals surface area contributed by atoms with Gasteiger partial charge in [0, 0.05) is 0 Å². The third-order valence-electron chi connectivity index (χ3n) is 8.44. The molecule has 1 aliphatic heterocycles. The number of thioether (sulfide) groups is 1. The predicted molar refractivity (Wildman–Crippen MR) is 194 cm³/mol. The highest BCUT2D eigenvalue weighted by molar-refractivity contribution is 7.99. The summed E-state index contributed by atoms with van der Waals surface area (Å²) in [5, 5.41) is 0. The molecule has 50 heavy (non-hydrogen) atoms. The second-order valence-corrected chi connectivity index (χ2v) is 13.1. The van der Waals surface area contributed by atoms with Gasteiger partial charge in [0.25, 0.3) is 0 Å². The van der Waals surface area contributed by atoms with Crippen LogP contribution in [-0.2, 0) is 50.1 Å². The van der Waals surface area contributed by atoms with Crippen LogP contribution in [0, 0.1) is 0 Å². The third kappa shape index (κ3) is 10.6. The maximum absolute atomic E-state index is 6.82. The number of hydrogen-bond donors (Lipinski definition) is 0. The lowest BCUT2D eigenvalue weighted by Crippen LogP contribution is -2.60. The summed E-state index contributed by atoms with van der Waals surface area (Å²) in [4.78, 5) is 0. The smallest absolute Gasteiger partial charge is 0.132 e. The zero-order valence-electron chi connectivity index (χ0n) is 29.4. The summed E-state index contributed by atoms with van der Waals surface area (Å²) < 4.78 is 54.8. The van der Waals surface area contributed by atoms with Crippen LogP contribution in [0.15, 0.2) is 97.1 Å². The number of ether oxygens (including phenoxy) is 9. The Labute approximate surface area is 300 Å². The van der Waals surface area contributed by atoms with Crippen molar-refractivity contribution in [3.63, 3.8) is 0 Å². The molecule has 0 amide bonds. The number of hydrogen-bond acceptors (Lipinski definition) is 10. The van der Waals surface area contributed by atoms with Crippen LogP contribution in [0.2, 0.25) is 0 Å². The first kappa shape index (κ1) is 37.5. The molecule has 0 aromatic heterocycles. The van der Waals surface area contributed by atoms with Gasteiger partial charge in [0.15, 0.2) is 0 Å². The summed E-state index contributed by atoms with van der Waals surface area (Å²) in [6, 6.07) is 31.5. The topological polar surface area (TPSA) is 83.1 Å². The molecule has 4 aromatic rings. The second-order valence-electron chi connectivity index (χ2n) is 11.7. The van der Waals surface area contributed by atoms with Crippen molar-refractivity contribution in [3.05, 3.63) is 119 Å². The molecule has 5 atom stereocenters. The first-order valence-electron chi connectivity index (χ1n) is 16.7. The molecule has 10 heteroatoms. The zero-order valence-corrected chi connectivity index (χ0v) is 30.3. The maximum Gasteiger partial charge on any atom is 0.132 e.